The Hall–Kier alpha value is -1.31. The molecule has 0 bridgehead atoms. The molecule has 0 aromatic carbocycles. The first kappa shape index (κ1) is 19.0. The van der Waals surface area contributed by atoms with Crippen LogP contribution in [0.15, 0.2) is 0 Å². The molecule has 1 saturated heterocycles. The fraction of sp³-hybridized carbons (Fsp3) is 0.875. The lowest BCUT2D eigenvalue weighted by Crippen LogP contribution is -2.60. The zero-order chi connectivity index (χ0) is 18.0. The lowest BCUT2D eigenvalue weighted by Gasteiger charge is -2.41. The predicted molar refractivity (Wildman–Crippen MR) is 81.2 cm³/mol. The van der Waals surface area contributed by atoms with Crippen LogP contribution in [0.5, 0.6) is 0 Å². The fourth-order valence-electron chi connectivity index (χ4n) is 3.75. The Bertz CT molecular complexity index is 476. The van der Waals surface area contributed by atoms with Gasteiger partial charge in [0.25, 0.3) is 5.91 Å². The van der Waals surface area contributed by atoms with Crippen LogP contribution in [0.25, 0.3) is 0 Å². The topological polar surface area (TPSA) is 58.6 Å². The Morgan fingerprint density at radius 1 is 1.25 bits per heavy atom. The molecule has 0 radical (unpaired) electrons. The number of alkyl halides is 3. The predicted octanol–water partition coefficient (Wildman–Crippen LogP) is 2.39. The minimum atomic E-state index is -4.45. The van der Waals surface area contributed by atoms with Gasteiger partial charge in [-0.3, -0.25) is 9.59 Å². The van der Waals surface area contributed by atoms with Crippen LogP contribution in [0.4, 0.5) is 13.2 Å². The van der Waals surface area contributed by atoms with Crippen molar-refractivity contribution in [2.45, 2.75) is 76.2 Å². The summed E-state index contributed by atoms with van der Waals surface area (Å²) in [6.45, 7) is 3.24. The Balaban J connectivity index is 2.03. The van der Waals surface area contributed by atoms with Crippen LogP contribution in [0.1, 0.15) is 52.4 Å². The van der Waals surface area contributed by atoms with Gasteiger partial charge in [0, 0.05) is 26.1 Å². The molecule has 5 nitrogen and oxygen atoms in total. The number of amides is 2. The van der Waals surface area contributed by atoms with Crippen molar-refractivity contribution in [2.75, 3.05) is 13.2 Å². The van der Waals surface area contributed by atoms with Crippen molar-refractivity contribution in [3.8, 4) is 0 Å². The molecule has 2 rings (SSSR count). The first-order valence-electron chi connectivity index (χ1n) is 8.48. The second kappa shape index (κ2) is 7.29. The van der Waals surface area contributed by atoms with Crippen LogP contribution in [0, 0.1) is 0 Å². The maximum absolute atomic E-state index is 13.0. The van der Waals surface area contributed by atoms with Gasteiger partial charge in [-0.05, 0) is 45.4 Å². The quantitative estimate of drug-likeness (QED) is 0.847. The van der Waals surface area contributed by atoms with Crippen molar-refractivity contribution in [1.29, 1.82) is 0 Å². The summed E-state index contributed by atoms with van der Waals surface area (Å²) in [4.78, 5) is 25.0. The molecule has 2 atom stereocenters. The molecular weight excluding hydrogens is 325 g/mol. The molecule has 2 unspecified atom stereocenters. The van der Waals surface area contributed by atoms with Crippen molar-refractivity contribution in [2.24, 2.45) is 0 Å². The molecule has 24 heavy (non-hydrogen) atoms. The summed E-state index contributed by atoms with van der Waals surface area (Å²) in [5, 5.41) is 2.82. The number of ether oxygens (including phenoxy) is 1. The zero-order valence-electron chi connectivity index (χ0n) is 14.1. The number of piperidine rings is 1. The highest BCUT2D eigenvalue weighted by Crippen LogP contribution is 2.35. The Labute approximate surface area is 139 Å². The summed E-state index contributed by atoms with van der Waals surface area (Å²) in [5.74, 6) is -0.891. The van der Waals surface area contributed by atoms with Gasteiger partial charge >= 0.3 is 6.18 Å². The van der Waals surface area contributed by atoms with E-state index >= 15 is 0 Å². The molecule has 2 aliphatic rings. The van der Waals surface area contributed by atoms with E-state index in [2.05, 4.69) is 5.32 Å². The minimum absolute atomic E-state index is 0.118. The molecule has 0 aromatic heterocycles. The summed E-state index contributed by atoms with van der Waals surface area (Å²) in [6, 6.07) is -2.24. The Kier molecular flexibility index (Phi) is 5.78. The average molecular weight is 350 g/mol. The third-order valence-corrected chi connectivity index (χ3v) is 4.95. The van der Waals surface area contributed by atoms with Gasteiger partial charge in [-0.25, -0.2) is 0 Å². The SMILES string of the molecule is CCOC1(C(=O)NC2CCC(C(F)(F)F)N(C(C)=O)C2)CCCC1. The van der Waals surface area contributed by atoms with E-state index in [9.17, 15) is 22.8 Å². The lowest BCUT2D eigenvalue weighted by atomic mass is 9.95. The van der Waals surface area contributed by atoms with Crippen LogP contribution < -0.4 is 5.32 Å². The van der Waals surface area contributed by atoms with Crippen LogP contribution in [-0.4, -0.2) is 53.7 Å². The molecule has 2 amide bonds. The smallest absolute Gasteiger partial charge is 0.365 e. The monoisotopic (exact) mass is 350 g/mol. The standard InChI is InChI=1S/C16H25F3N2O3/c1-3-24-15(8-4-5-9-15)14(23)20-12-6-7-13(16(17,18)19)21(10-12)11(2)22/h12-13H,3-10H2,1-2H3,(H,20,23). The van der Waals surface area contributed by atoms with Gasteiger partial charge in [0.1, 0.15) is 11.6 Å². The number of rotatable bonds is 4. The highest BCUT2D eigenvalue weighted by atomic mass is 19.4. The molecule has 1 saturated carbocycles. The number of nitrogens with zero attached hydrogens (tertiary/aromatic N) is 1. The second-order valence-corrected chi connectivity index (χ2v) is 6.61. The third kappa shape index (κ3) is 4.02. The summed E-state index contributed by atoms with van der Waals surface area (Å²) >= 11 is 0. The van der Waals surface area contributed by atoms with Crippen LogP contribution in [0.2, 0.25) is 0 Å². The van der Waals surface area contributed by atoms with Gasteiger partial charge in [0.15, 0.2) is 0 Å². The Morgan fingerprint density at radius 2 is 1.88 bits per heavy atom. The number of hydrogen-bond donors (Lipinski definition) is 1. The van der Waals surface area contributed by atoms with E-state index in [0.29, 0.717) is 19.4 Å². The molecule has 1 heterocycles. The molecule has 8 heteroatoms. The summed E-state index contributed by atoms with van der Waals surface area (Å²) in [7, 11) is 0. The summed E-state index contributed by atoms with van der Waals surface area (Å²) < 4.78 is 44.8. The van der Waals surface area contributed by atoms with E-state index in [-0.39, 0.29) is 25.3 Å². The molecule has 1 aliphatic heterocycles. The zero-order valence-corrected chi connectivity index (χ0v) is 14.1. The number of nitrogens with one attached hydrogen (secondary N) is 1. The van der Waals surface area contributed by atoms with Crippen molar-refractivity contribution in [3.63, 3.8) is 0 Å². The van der Waals surface area contributed by atoms with E-state index < -0.39 is 29.8 Å². The maximum atomic E-state index is 13.0. The molecule has 138 valence electrons. The van der Waals surface area contributed by atoms with E-state index in [1.807, 2.05) is 6.92 Å². The highest BCUT2D eigenvalue weighted by molar-refractivity contribution is 5.86. The van der Waals surface area contributed by atoms with Crippen LogP contribution >= 0.6 is 0 Å². The molecule has 0 spiro atoms. The molecule has 0 aromatic rings. The van der Waals surface area contributed by atoms with Gasteiger partial charge < -0.3 is 15.0 Å². The number of carbonyl (C=O) groups excluding carboxylic acids is 2. The molecule has 2 fully saturated rings. The molecule has 1 aliphatic carbocycles. The normalized spacial score (nSPS) is 27.1. The van der Waals surface area contributed by atoms with Crippen LogP contribution in [0.3, 0.4) is 0 Å². The van der Waals surface area contributed by atoms with Crippen molar-refractivity contribution in [1.82, 2.24) is 10.2 Å². The number of halogens is 3. The first-order valence-corrected chi connectivity index (χ1v) is 8.48. The van der Waals surface area contributed by atoms with Gasteiger partial charge in [0.05, 0.1) is 0 Å². The van der Waals surface area contributed by atoms with E-state index in [1.54, 1.807) is 0 Å². The van der Waals surface area contributed by atoms with Crippen molar-refractivity contribution in [3.05, 3.63) is 0 Å². The summed E-state index contributed by atoms with van der Waals surface area (Å²) in [5.41, 5.74) is -0.864. The number of likely N-dealkylation sites (tertiary alicyclic amines) is 1. The van der Waals surface area contributed by atoms with E-state index in [1.165, 1.54) is 0 Å². The highest BCUT2D eigenvalue weighted by Gasteiger charge is 2.48. The van der Waals surface area contributed by atoms with Gasteiger partial charge in [-0.15, -0.1) is 0 Å². The van der Waals surface area contributed by atoms with Gasteiger partial charge in [0.2, 0.25) is 5.91 Å². The fourth-order valence-corrected chi connectivity index (χ4v) is 3.75. The largest absolute Gasteiger partial charge is 0.408 e. The van der Waals surface area contributed by atoms with E-state index in [4.69, 9.17) is 4.74 Å². The van der Waals surface area contributed by atoms with Gasteiger partial charge in [-0.2, -0.15) is 13.2 Å². The first-order chi connectivity index (χ1) is 11.2. The minimum Gasteiger partial charge on any atom is -0.365 e. The number of hydrogen-bond acceptors (Lipinski definition) is 3. The van der Waals surface area contributed by atoms with Crippen molar-refractivity contribution < 1.29 is 27.5 Å². The summed E-state index contributed by atoms with van der Waals surface area (Å²) in [6.07, 6.45) is -1.40. The van der Waals surface area contributed by atoms with Crippen LogP contribution in [-0.2, 0) is 14.3 Å². The van der Waals surface area contributed by atoms with Gasteiger partial charge in [-0.1, -0.05) is 0 Å². The second-order valence-electron chi connectivity index (χ2n) is 6.61. The Morgan fingerprint density at radius 3 is 2.38 bits per heavy atom. The third-order valence-electron chi connectivity index (χ3n) is 4.95. The molecular formula is C16H25F3N2O3. The maximum Gasteiger partial charge on any atom is 0.408 e. The average Bonchev–Trinajstić information content (AvgIpc) is 2.96. The molecule has 1 N–H and O–H groups in total. The van der Waals surface area contributed by atoms with Crippen molar-refractivity contribution >= 4 is 11.8 Å². The van der Waals surface area contributed by atoms with E-state index in [0.717, 1.165) is 24.7 Å². The number of carbonyl (C=O) groups is 2. The lowest BCUT2D eigenvalue weighted by molar-refractivity contribution is -0.196.